The first-order chi connectivity index (χ1) is 18.0. The molecule has 0 aliphatic carbocycles. The summed E-state index contributed by atoms with van der Waals surface area (Å²) >= 11 is 0. The Kier molecular flexibility index (Phi) is 5.82. The van der Waals surface area contributed by atoms with Crippen LogP contribution in [0.25, 0.3) is 22.0 Å². The van der Waals surface area contributed by atoms with Gasteiger partial charge in [-0.25, -0.2) is 14.6 Å². The van der Waals surface area contributed by atoms with E-state index in [0.29, 0.717) is 54.9 Å². The third kappa shape index (κ3) is 4.30. The van der Waals surface area contributed by atoms with Gasteiger partial charge in [-0.05, 0) is 30.2 Å². The molecule has 2 aromatic heterocycles. The van der Waals surface area contributed by atoms with Crippen molar-refractivity contribution in [1.29, 1.82) is 0 Å². The number of anilines is 1. The molecule has 2 aromatic carbocycles. The molecule has 2 aliphatic rings. The van der Waals surface area contributed by atoms with Crippen LogP contribution in [0.1, 0.15) is 24.4 Å². The molecule has 0 spiro atoms. The number of carbonyl (C=O) groups is 1. The van der Waals surface area contributed by atoms with Crippen molar-refractivity contribution in [3.8, 4) is 16.9 Å². The van der Waals surface area contributed by atoms with E-state index < -0.39 is 6.61 Å². The number of alkyl halides is 2. The third-order valence-corrected chi connectivity index (χ3v) is 6.97. The number of aromatic nitrogens is 4. The average molecular weight is 507 g/mol. The Morgan fingerprint density at radius 1 is 1.11 bits per heavy atom. The van der Waals surface area contributed by atoms with Crippen LogP contribution < -0.4 is 20.9 Å². The molecule has 1 fully saturated rings. The van der Waals surface area contributed by atoms with Gasteiger partial charge in [0, 0.05) is 55.5 Å². The van der Waals surface area contributed by atoms with Crippen LogP contribution in [0.3, 0.4) is 0 Å². The van der Waals surface area contributed by atoms with E-state index in [9.17, 15) is 18.4 Å². The molecule has 0 radical (unpaired) electrons. The zero-order valence-corrected chi connectivity index (χ0v) is 19.7. The van der Waals surface area contributed by atoms with Gasteiger partial charge in [0.1, 0.15) is 5.75 Å². The average Bonchev–Trinajstić information content (AvgIpc) is 3.59. The van der Waals surface area contributed by atoms with E-state index in [-0.39, 0.29) is 29.2 Å². The Labute approximate surface area is 210 Å². The molecule has 1 amide bonds. The Hall–Kier alpha value is -4.28. The Balaban J connectivity index is 1.31. The van der Waals surface area contributed by atoms with E-state index in [4.69, 9.17) is 4.74 Å². The molecule has 9 nitrogen and oxygen atoms in total. The van der Waals surface area contributed by atoms with Crippen molar-refractivity contribution in [2.75, 3.05) is 18.4 Å². The maximum Gasteiger partial charge on any atom is 0.387 e. The number of hydrogen-bond donors (Lipinski definition) is 2. The third-order valence-electron chi connectivity index (χ3n) is 6.97. The summed E-state index contributed by atoms with van der Waals surface area (Å²) < 4.78 is 34.4. The van der Waals surface area contributed by atoms with Gasteiger partial charge in [-0.15, -0.1) is 0 Å². The van der Waals surface area contributed by atoms with Crippen LogP contribution in [-0.2, 0) is 11.3 Å². The zero-order valence-electron chi connectivity index (χ0n) is 19.7. The quantitative estimate of drug-likeness (QED) is 0.398. The Bertz CT molecular complexity index is 1530. The highest BCUT2D eigenvalue weighted by molar-refractivity contribution is 5.84. The van der Waals surface area contributed by atoms with E-state index in [0.717, 1.165) is 11.1 Å². The number of hydrogen-bond acceptors (Lipinski definition) is 6. The predicted molar refractivity (Wildman–Crippen MR) is 133 cm³/mol. The lowest BCUT2D eigenvalue weighted by Crippen LogP contribution is -2.18. The minimum Gasteiger partial charge on any atom is -0.434 e. The Morgan fingerprint density at radius 3 is 2.68 bits per heavy atom. The van der Waals surface area contributed by atoms with Crippen LogP contribution in [0.2, 0.25) is 0 Å². The van der Waals surface area contributed by atoms with Gasteiger partial charge in [0.2, 0.25) is 11.9 Å². The number of para-hydroxylation sites is 1. The van der Waals surface area contributed by atoms with Crippen molar-refractivity contribution < 1.29 is 18.3 Å². The molecule has 2 atom stereocenters. The summed E-state index contributed by atoms with van der Waals surface area (Å²) in [4.78, 5) is 33.3. The standard InChI is InChI=1S/C26H24F2N6O3/c27-25(28)37-22-4-2-1-3-18(22)20-7-8-33-24(36)19-6-5-16(10-21(19)34(20)33)17-13-31-26(32-14-17)30-12-15-9-23(35)29-11-15/h1-6,10,13-15,20,25H,7-9,11-12H2,(H,29,35)(H,30,31,32)/t15-,20-/m0/s1. The summed E-state index contributed by atoms with van der Waals surface area (Å²) in [5.74, 6) is 0.844. The van der Waals surface area contributed by atoms with E-state index >= 15 is 0 Å². The summed E-state index contributed by atoms with van der Waals surface area (Å²) in [5.41, 5.74) is 2.79. The zero-order chi connectivity index (χ0) is 25.5. The lowest BCUT2D eigenvalue weighted by atomic mass is 10.0. The summed E-state index contributed by atoms with van der Waals surface area (Å²) in [5, 5.41) is 6.53. The van der Waals surface area contributed by atoms with Crippen molar-refractivity contribution in [3.63, 3.8) is 0 Å². The Morgan fingerprint density at radius 2 is 1.92 bits per heavy atom. The first-order valence-electron chi connectivity index (χ1n) is 12.1. The van der Waals surface area contributed by atoms with Crippen LogP contribution in [0.5, 0.6) is 5.75 Å². The monoisotopic (exact) mass is 506 g/mol. The maximum atomic E-state index is 13.1. The van der Waals surface area contributed by atoms with Crippen LogP contribution in [-0.4, -0.2) is 44.9 Å². The van der Waals surface area contributed by atoms with Gasteiger partial charge in [0.15, 0.2) is 0 Å². The first kappa shape index (κ1) is 23.1. The number of fused-ring (bicyclic) bond motifs is 3. The number of amides is 1. The molecular formula is C26H24F2N6O3. The fraction of sp³-hybridized carbons (Fsp3) is 0.308. The number of benzene rings is 2. The largest absolute Gasteiger partial charge is 0.434 e. The summed E-state index contributed by atoms with van der Waals surface area (Å²) in [6.07, 6.45) is 4.49. The second kappa shape index (κ2) is 9.30. The molecular weight excluding hydrogens is 482 g/mol. The smallest absolute Gasteiger partial charge is 0.387 e. The normalized spacial score (nSPS) is 18.8. The van der Waals surface area contributed by atoms with Gasteiger partial charge in [0.05, 0.1) is 16.9 Å². The summed E-state index contributed by atoms with van der Waals surface area (Å²) in [6, 6.07) is 11.9. The van der Waals surface area contributed by atoms with Gasteiger partial charge in [-0.2, -0.15) is 8.78 Å². The number of halogens is 2. The lowest BCUT2D eigenvalue weighted by Gasteiger charge is -2.18. The van der Waals surface area contributed by atoms with Crippen LogP contribution in [0, 0.1) is 5.92 Å². The fourth-order valence-electron chi connectivity index (χ4n) is 5.22. The second-order valence-corrected chi connectivity index (χ2v) is 9.28. The molecule has 0 bridgehead atoms. The van der Waals surface area contributed by atoms with Crippen LogP contribution in [0.15, 0.2) is 59.7 Å². The molecule has 0 unspecified atom stereocenters. The number of nitrogens with zero attached hydrogens (tertiary/aromatic N) is 4. The molecule has 190 valence electrons. The van der Waals surface area contributed by atoms with Gasteiger partial charge >= 0.3 is 6.61 Å². The highest BCUT2D eigenvalue weighted by atomic mass is 19.3. The minimum atomic E-state index is -2.94. The molecule has 0 saturated carbocycles. The highest BCUT2D eigenvalue weighted by Crippen LogP contribution is 2.37. The number of rotatable bonds is 7. The first-order valence-corrected chi connectivity index (χ1v) is 12.1. The molecule has 2 aliphatic heterocycles. The van der Waals surface area contributed by atoms with Gasteiger partial charge in [0.25, 0.3) is 5.56 Å². The van der Waals surface area contributed by atoms with E-state index in [1.807, 2.05) is 16.8 Å². The van der Waals surface area contributed by atoms with E-state index in [1.165, 1.54) is 6.07 Å². The second-order valence-electron chi connectivity index (χ2n) is 9.28. The van der Waals surface area contributed by atoms with Crippen molar-refractivity contribution in [2.45, 2.75) is 32.0 Å². The van der Waals surface area contributed by atoms with Crippen LogP contribution >= 0.6 is 0 Å². The van der Waals surface area contributed by atoms with Gasteiger partial charge < -0.3 is 15.4 Å². The van der Waals surface area contributed by atoms with E-state index in [1.54, 1.807) is 41.3 Å². The van der Waals surface area contributed by atoms with Crippen molar-refractivity contribution in [2.24, 2.45) is 5.92 Å². The number of ether oxygens (including phenoxy) is 1. The SMILES string of the molecule is O=C1C[C@H](CNc2ncc(-c3ccc4c(=O)n5n(c4c3)[C@H](c3ccccc3OC(F)F)CC5)cn2)CN1. The van der Waals surface area contributed by atoms with Crippen molar-refractivity contribution in [3.05, 3.63) is 70.8 Å². The lowest BCUT2D eigenvalue weighted by molar-refractivity contribution is -0.119. The molecule has 4 heterocycles. The molecule has 1 saturated heterocycles. The van der Waals surface area contributed by atoms with Crippen LogP contribution in [0.4, 0.5) is 14.7 Å². The van der Waals surface area contributed by atoms with Crippen molar-refractivity contribution in [1.82, 2.24) is 24.6 Å². The molecule has 37 heavy (non-hydrogen) atoms. The summed E-state index contributed by atoms with van der Waals surface area (Å²) in [6.45, 7) is -1.22. The topological polar surface area (TPSA) is 103 Å². The minimum absolute atomic E-state index is 0.0574. The molecule has 6 rings (SSSR count). The highest BCUT2D eigenvalue weighted by Gasteiger charge is 2.30. The maximum absolute atomic E-state index is 13.1. The number of carbonyl (C=O) groups excluding carboxylic acids is 1. The fourth-order valence-corrected chi connectivity index (χ4v) is 5.22. The van der Waals surface area contributed by atoms with E-state index in [2.05, 4.69) is 20.6 Å². The molecule has 2 N–H and O–H groups in total. The van der Waals surface area contributed by atoms with Crippen molar-refractivity contribution >= 4 is 22.8 Å². The van der Waals surface area contributed by atoms with Gasteiger partial charge in [-0.1, -0.05) is 24.3 Å². The predicted octanol–water partition coefficient (Wildman–Crippen LogP) is 3.40. The number of nitrogens with one attached hydrogen (secondary N) is 2. The molecule has 11 heteroatoms. The summed E-state index contributed by atoms with van der Waals surface area (Å²) in [7, 11) is 0. The molecule has 4 aromatic rings. The van der Waals surface area contributed by atoms with Gasteiger partial charge in [-0.3, -0.25) is 14.3 Å².